The highest BCUT2D eigenvalue weighted by Gasteiger charge is 2.41. The maximum atomic E-state index is 11.9. The summed E-state index contributed by atoms with van der Waals surface area (Å²) in [5.41, 5.74) is 12.3. The number of imidazole rings is 1. The molecule has 180 valence electrons. The topological polar surface area (TPSA) is 267 Å². The number of phosphoric acid groups is 3. The van der Waals surface area contributed by atoms with E-state index in [2.05, 4.69) is 33.4 Å². The Morgan fingerprint density at radius 3 is 2.50 bits per heavy atom. The van der Waals surface area contributed by atoms with Crippen LogP contribution in [0.2, 0.25) is 0 Å². The SMILES string of the molecule is C[C@H]1C[C@@H](COP(=O)(O)OP(=O)(O)OP(=O)(O)O)N[C@H]1Cn1cnc2c(N)nc(N)nc21. The average Bonchev–Trinajstić information content (AvgIpc) is 3.14. The van der Waals surface area contributed by atoms with Crippen molar-refractivity contribution in [2.75, 3.05) is 18.1 Å². The zero-order valence-corrected chi connectivity index (χ0v) is 19.1. The molecule has 1 fully saturated rings. The summed E-state index contributed by atoms with van der Waals surface area (Å²) < 4.78 is 47.7. The second-order valence-corrected chi connectivity index (χ2v) is 11.5. The highest BCUT2D eigenvalue weighted by atomic mass is 31.3. The first-order valence-electron chi connectivity index (χ1n) is 8.92. The van der Waals surface area contributed by atoms with Gasteiger partial charge in [-0.15, -0.1) is 0 Å². The number of hydrogen-bond donors (Lipinski definition) is 7. The van der Waals surface area contributed by atoms with Gasteiger partial charge in [-0.25, -0.2) is 18.7 Å². The Morgan fingerprint density at radius 1 is 1.16 bits per heavy atom. The number of anilines is 2. The van der Waals surface area contributed by atoms with E-state index in [1.54, 1.807) is 4.57 Å². The molecule has 0 bridgehead atoms. The van der Waals surface area contributed by atoms with Crippen LogP contribution in [0.3, 0.4) is 0 Å². The molecule has 2 aromatic heterocycles. The number of nitrogens with zero attached hydrogens (tertiary/aromatic N) is 4. The van der Waals surface area contributed by atoms with Gasteiger partial charge in [0.05, 0.1) is 12.9 Å². The normalized spacial score (nSPS) is 25.6. The summed E-state index contributed by atoms with van der Waals surface area (Å²) in [5, 5.41) is 3.19. The highest BCUT2D eigenvalue weighted by molar-refractivity contribution is 7.66. The van der Waals surface area contributed by atoms with Crippen LogP contribution in [0.1, 0.15) is 13.3 Å². The fraction of sp³-hybridized carbons (Fsp3) is 0.583. The molecule has 9 N–H and O–H groups in total. The van der Waals surface area contributed by atoms with Crippen LogP contribution >= 0.6 is 23.5 Å². The number of rotatable bonds is 9. The Hall–Kier alpha value is -1.48. The van der Waals surface area contributed by atoms with E-state index in [4.69, 9.17) is 21.3 Å². The van der Waals surface area contributed by atoms with Crippen molar-refractivity contribution >= 4 is 46.4 Å². The van der Waals surface area contributed by atoms with E-state index in [0.717, 1.165) is 0 Å². The Morgan fingerprint density at radius 2 is 1.84 bits per heavy atom. The Balaban J connectivity index is 1.59. The highest BCUT2D eigenvalue weighted by Crippen LogP contribution is 2.66. The number of nitrogen functional groups attached to an aromatic ring is 2. The van der Waals surface area contributed by atoms with Crippen LogP contribution in [0.5, 0.6) is 0 Å². The lowest BCUT2D eigenvalue weighted by molar-refractivity contribution is 0.161. The summed E-state index contributed by atoms with van der Waals surface area (Å²) in [6.45, 7) is 1.93. The fourth-order valence-corrected chi connectivity index (χ4v) is 6.38. The molecule has 1 aliphatic rings. The molecule has 0 aromatic carbocycles. The van der Waals surface area contributed by atoms with E-state index in [1.165, 1.54) is 6.33 Å². The van der Waals surface area contributed by atoms with Gasteiger partial charge in [0.15, 0.2) is 11.5 Å². The van der Waals surface area contributed by atoms with Crippen LogP contribution in [-0.4, -0.2) is 57.8 Å². The van der Waals surface area contributed by atoms with Crippen LogP contribution < -0.4 is 16.8 Å². The van der Waals surface area contributed by atoms with Gasteiger partial charge < -0.3 is 40.9 Å². The van der Waals surface area contributed by atoms with Crippen molar-refractivity contribution in [2.45, 2.75) is 32.0 Å². The fourth-order valence-electron chi connectivity index (χ4n) is 3.31. The first kappa shape index (κ1) is 25.1. The molecule has 17 nitrogen and oxygen atoms in total. The van der Waals surface area contributed by atoms with Crippen molar-refractivity contribution in [3.8, 4) is 0 Å². The molecule has 1 saturated heterocycles. The van der Waals surface area contributed by atoms with Gasteiger partial charge in [0.1, 0.15) is 5.52 Å². The second kappa shape index (κ2) is 9.05. The minimum absolute atomic E-state index is 0.00180. The van der Waals surface area contributed by atoms with Crippen LogP contribution in [0.4, 0.5) is 11.8 Å². The number of nitrogens with two attached hydrogens (primary N) is 2. The van der Waals surface area contributed by atoms with Crippen LogP contribution in [0.25, 0.3) is 11.2 Å². The molecule has 0 spiro atoms. The molecule has 32 heavy (non-hydrogen) atoms. The maximum absolute atomic E-state index is 11.9. The summed E-state index contributed by atoms with van der Waals surface area (Å²) >= 11 is 0. The Kier molecular flexibility index (Phi) is 7.11. The molecular weight excluding hydrogens is 495 g/mol. The largest absolute Gasteiger partial charge is 0.490 e. The molecule has 3 heterocycles. The number of nitrogens with one attached hydrogen (secondary N) is 1. The van der Waals surface area contributed by atoms with E-state index in [1.807, 2.05) is 6.92 Å². The van der Waals surface area contributed by atoms with E-state index >= 15 is 0 Å². The predicted octanol–water partition coefficient (Wildman–Crippen LogP) is -0.299. The van der Waals surface area contributed by atoms with Gasteiger partial charge in [-0.3, -0.25) is 4.52 Å². The number of phosphoric ester groups is 1. The molecule has 1 aliphatic heterocycles. The van der Waals surface area contributed by atoms with Crippen LogP contribution in [0.15, 0.2) is 6.33 Å². The molecule has 20 heteroatoms. The minimum atomic E-state index is -5.56. The lowest BCUT2D eigenvalue weighted by Gasteiger charge is -2.19. The second-order valence-electron chi connectivity index (χ2n) is 7.11. The van der Waals surface area contributed by atoms with Gasteiger partial charge in [0, 0.05) is 18.6 Å². The summed E-state index contributed by atoms with van der Waals surface area (Å²) in [7, 11) is -16.2. The zero-order chi connectivity index (χ0) is 23.9. The van der Waals surface area contributed by atoms with Crippen molar-refractivity contribution in [1.29, 1.82) is 0 Å². The molecule has 0 amide bonds. The molecule has 2 aromatic rings. The van der Waals surface area contributed by atoms with Gasteiger partial charge in [0.25, 0.3) is 0 Å². The number of hydrogen-bond acceptors (Lipinski definition) is 12. The third-order valence-corrected chi connectivity index (χ3v) is 8.35. The molecule has 2 unspecified atom stereocenters. The summed E-state index contributed by atoms with van der Waals surface area (Å²) in [6.07, 6.45) is 2.04. The van der Waals surface area contributed by atoms with Crippen LogP contribution in [0, 0.1) is 5.92 Å². The summed E-state index contributed by atoms with van der Waals surface area (Å²) in [6, 6.07) is -0.584. The average molecular weight is 517 g/mol. The molecular formula is C12H22N7O10P3. The number of fused-ring (bicyclic) bond motifs is 1. The van der Waals surface area contributed by atoms with Crippen molar-refractivity contribution < 1.29 is 46.4 Å². The van der Waals surface area contributed by atoms with Crippen molar-refractivity contribution in [3.05, 3.63) is 6.33 Å². The van der Waals surface area contributed by atoms with E-state index < -0.39 is 36.1 Å². The van der Waals surface area contributed by atoms with Gasteiger partial charge in [-0.1, -0.05) is 6.92 Å². The standard InChI is InChI=1S/C12H22N7O10P3/c1-6-2-7(4-27-31(23,24)29-32(25,26)28-30(20,21)22)16-8(6)3-19-5-15-9-10(13)17-12(14)18-11(9)19/h5-8,16H,2-4H2,1H3,(H,23,24)(H,25,26)(H2,20,21,22)(H4,13,14,17,18)/t6-,7-,8-/m0/s1. The monoisotopic (exact) mass is 517 g/mol. The van der Waals surface area contributed by atoms with E-state index in [9.17, 15) is 23.5 Å². The lowest BCUT2D eigenvalue weighted by atomic mass is 10.0. The first-order chi connectivity index (χ1) is 14.6. The third-order valence-electron chi connectivity index (χ3n) is 4.55. The van der Waals surface area contributed by atoms with E-state index in [0.29, 0.717) is 24.1 Å². The lowest BCUT2D eigenvalue weighted by Crippen LogP contribution is -2.36. The van der Waals surface area contributed by atoms with Crippen molar-refractivity contribution in [2.24, 2.45) is 5.92 Å². The van der Waals surface area contributed by atoms with Crippen molar-refractivity contribution in [1.82, 2.24) is 24.8 Å². The first-order valence-corrected chi connectivity index (χ1v) is 13.4. The summed E-state index contributed by atoms with van der Waals surface area (Å²) in [5.74, 6) is 0.212. The Labute approximate surface area is 180 Å². The van der Waals surface area contributed by atoms with Gasteiger partial charge in [0.2, 0.25) is 5.95 Å². The Bertz CT molecular complexity index is 1140. The smallest absolute Gasteiger partial charge is 0.382 e. The van der Waals surface area contributed by atoms with Crippen molar-refractivity contribution in [3.63, 3.8) is 0 Å². The molecule has 0 radical (unpaired) electrons. The van der Waals surface area contributed by atoms with Crippen LogP contribution in [-0.2, 0) is 33.4 Å². The van der Waals surface area contributed by atoms with Gasteiger partial charge in [-0.05, 0) is 12.3 Å². The van der Waals surface area contributed by atoms with E-state index in [-0.39, 0.29) is 23.7 Å². The summed E-state index contributed by atoms with van der Waals surface area (Å²) in [4.78, 5) is 48.0. The minimum Gasteiger partial charge on any atom is -0.382 e. The quantitative estimate of drug-likeness (QED) is 0.210. The maximum Gasteiger partial charge on any atom is 0.490 e. The predicted molar refractivity (Wildman–Crippen MR) is 108 cm³/mol. The van der Waals surface area contributed by atoms with Gasteiger partial charge in [-0.2, -0.15) is 18.6 Å². The number of aromatic nitrogens is 4. The molecule has 0 saturated carbocycles. The molecule has 3 rings (SSSR count). The molecule has 5 atom stereocenters. The zero-order valence-electron chi connectivity index (χ0n) is 16.5. The third kappa shape index (κ3) is 6.53. The van der Waals surface area contributed by atoms with Gasteiger partial charge >= 0.3 is 23.5 Å². The molecule has 0 aliphatic carbocycles.